The number of nitrogens with zero attached hydrogens (tertiary/aromatic N) is 2. The summed E-state index contributed by atoms with van der Waals surface area (Å²) < 4.78 is 0. The third-order valence-corrected chi connectivity index (χ3v) is 4.53. The van der Waals surface area contributed by atoms with Crippen LogP contribution in [0.1, 0.15) is 12.0 Å². The first-order chi connectivity index (χ1) is 10.3. The van der Waals surface area contributed by atoms with Gasteiger partial charge in [0.1, 0.15) is 5.04 Å². The quantitative estimate of drug-likeness (QED) is 0.936. The molecule has 0 radical (unpaired) electrons. The summed E-state index contributed by atoms with van der Waals surface area (Å²) in [6, 6.07) is 11.5. The Morgan fingerprint density at radius 3 is 2.86 bits per heavy atom. The van der Waals surface area contributed by atoms with E-state index in [0.717, 1.165) is 22.0 Å². The van der Waals surface area contributed by atoms with Crippen LogP contribution in [0.5, 0.6) is 0 Å². The summed E-state index contributed by atoms with van der Waals surface area (Å²) in [4.78, 5) is 11.9. The van der Waals surface area contributed by atoms with Crippen LogP contribution < -0.4 is 5.32 Å². The minimum Gasteiger partial charge on any atom is -0.325 e. The molecule has 6 heteroatoms. The van der Waals surface area contributed by atoms with E-state index in [9.17, 15) is 4.79 Å². The van der Waals surface area contributed by atoms with Crippen molar-refractivity contribution in [2.45, 2.75) is 6.42 Å². The van der Waals surface area contributed by atoms with Crippen molar-refractivity contribution >= 4 is 45.4 Å². The fraction of sp³-hybridized carbons (Fsp3) is 0.133. The molecular formula is C15H13N3OS2. The predicted molar refractivity (Wildman–Crippen MR) is 90.4 cm³/mol. The van der Waals surface area contributed by atoms with Crippen molar-refractivity contribution < 1.29 is 4.79 Å². The number of thioether (sulfide) groups is 1. The molecule has 0 saturated carbocycles. The highest BCUT2D eigenvalue weighted by molar-refractivity contribution is 8.14. The summed E-state index contributed by atoms with van der Waals surface area (Å²) >= 11 is 3.08. The smallest absolute Gasteiger partial charge is 0.234 e. The van der Waals surface area contributed by atoms with Crippen molar-refractivity contribution in [1.29, 1.82) is 0 Å². The van der Waals surface area contributed by atoms with Gasteiger partial charge >= 0.3 is 0 Å². The Balaban J connectivity index is 1.46. The molecule has 1 aliphatic rings. The molecule has 0 unspecified atom stereocenters. The zero-order valence-electron chi connectivity index (χ0n) is 11.2. The fourth-order valence-electron chi connectivity index (χ4n) is 1.87. The van der Waals surface area contributed by atoms with E-state index >= 15 is 0 Å². The third kappa shape index (κ3) is 3.80. The summed E-state index contributed by atoms with van der Waals surface area (Å²) in [5.41, 5.74) is 2.90. The first kappa shape index (κ1) is 14.0. The molecule has 0 bridgehead atoms. The molecule has 3 rings (SSSR count). The summed E-state index contributed by atoms with van der Waals surface area (Å²) in [5, 5.41) is 16.2. The standard InChI is InChI=1S/C15H13N3OS2/c19-14(16-12-4-2-1-3-5-12)10-21-15-8-13(17-18-15)11-6-7-20-9-11/h1-7,9H,8,10H2,(H,16,19). The minimum absolute atomic E-state index is 0.0297. The first-order valence-corrected chi connectivity index (χ1v) is 8.38. The number of carbonyl (C=O) groups is 1. The molecule has 2 aromatic rings. The van der Waals surface area contributed by atoms with E-state index in [0.29, 0.717) is 12.2 Å². The van der Waals surface area contributed by atoms with Crippen molar-refractivity contribution in [2.75, 3.05) is 11.1 Å². The summed E-state index contributed by atoms with van der Waals surface area (Å²) in [5.74, 6) is 0.318. The van der Waals surface area contributed by atoms with Crippen LogP contribution in [0.2, 0.25) is 0 Å². The second-order valence-electron chi connectivity index (χ2n) is 4.43. The molecule has 4 nitrogen and oxygen atoms in total. The Labute approximate surface area is 131 Å². The summed E-state index contributed by atoms with van der Waals surface area (Å²) in [7, 11) is 0. The average molecular weight is 315 g/mol. The van der Waals surface area contributed by atoms with Crippen LogP contribution in [0.3, 0.4) is 0 Å². The zero-order valence-corrected chi connectivity index (χ0v) is 12.8. The van der Waals surface area contributed by atoms with Crippen LogP contribution in [0.4, 0.5) is 5.69 Å². The van der Waals surface area contributed by atoms with Crippen LogP contribution in [0.25, 0.3) is 0 Å². The van der Waals surface area contributed by atoms with E-state index in [1.807, 2.05) is 41.8 Å². The van der Waals surface area contributed by atoms with Crippen molar-refractivity contribution in [2.24, 2.45) is 10.2 Å². The maximum Gasteiger partial charge on any atom is 0.234 e. The Bertz CT molecular complexity index is 678. The molecule has 106 valence electrons. The van der Waals surface area contributed by atoms with E-state index in [1.54, 1.807) is 11.3 Å². The van der Waals surface area contributed by atoms with Gasteiger partial charge in [-0.3, -0.25) is 4.79 Å². The van der Waals surface area contributed by atoms with Crippen molar-refractivity contribution in [3.05, 3.63) is 52.7 Å². The van der Waals surface area contributed by atoms with Crippen LogP contribution in [-0.2, 0) is 4.79 Å². The number of carbonyl (C=O) groups excluding carboxylic acids is 1. The van der Waals surface area contributed by atoms with Gasteiger partial charge in [0.25, 0.3) is 0 Å². The number of amides is 1. The highest BCUT2D eigenvalue weighted by Crippen LogP contribution is 2.20. The second kappa shape index (κ2) is 6.69. The van der Waals surface area contributed by atoms with Crippen LogP contribution in [0.15, 0.2) is 57.4 Å². The van der Waals surface area contributed by atoms with Gasteiger partial charge in [-0.15, -0.1) is 5.10 Å². The maximum atomic E-state index is 11.9. The third-order valence-electron chi connectivity index (χ3n) is 2.88. The van der Waals surface area contributed by atoms with Gasteiger partial charge < -0.3 is 5.32 Å². The van der Waals surface area contributed by atoms with E-state index in [2.05, 4.69) is 20.9 Å². The van der Waals surface area contributed by atoms with Crippen molar-refractivity contribution in [3.63, 3.8) is 0 Å². The predicted octanol–water partition coefficient (Wildman–Crippen LogP) is 3.63. The van der Waals surface area contributed by atoms with Gasteiger partial charge in [-0.05, 0) is 29.0 Å². The highest BCUT2D eigenvalue weighted by atomic mass is 32.2. The molecule has 1 N–H and O–H groups in total. The van der Waals surface area contributed by atoms with Crippen LogP contribution in [-0.4, -0.2) is 22.4 Å². The van der Waals surface area contributed by atoms with Gasteiger partial charge in [0.15, 0.2) is 0 Å². The molecule has 0 atom stereocenters. The number of anilines is 1. The van der Waals surface area contributed by atoms with Crippen molar-refractivity contribution in [1.82, 2.24) is 0 Å². The average Bonchev–Trinajstić information content (AvgIpc) is 3.17. The molecule has 21 heavy (non-hydrogen) atoms. The summed E-state index contributed by atoms with van der Waals surface area (Å²) in [6.45, 7) is 0. The molecule has 1 aromatic carbocycles. The molecule has 0 fully saturated rings. The number of thiophene rings is 1. The topological polar surface area (TPSA) is 53.8 Å². The second-order valence-corrected chi connectivity index (χ2v) is 6.26. The number of para-hydroxylation sites is 1. The minimum atomic E-state index is -0.0297. The lowest BCUT2D eigenvalue weighted by Crippen LogP contribution is -2.15. The zero-order chi connectivity index (χ0) is 14.5. The lowest BCUT2D eigenvalue weighted by atomic mass is 10.2. The lowest BCUT2D eigenvalue weighted by Gasteiger charge is -2.04. The molecular weight excluding hydrogens is 302 g/mol. The van der Waals surface area contributed by atoms with Crippen LogP contribution in [0, 0.1) is 0 Å². The normalized spacial score (nSPS) is 13.7. The molecule has 0 saturated heterocycles. The SMILES string of the molecule is O=C(CSC1=NN=C(c2ccsc2)C1)Nc1ccccc1. The van der Waals surface area contributed by atoms with Crippen LogP contribution >= 0.6 is 23.1 Å². The van der Waals surface area contributed by atoms with Gasteiger partial charge in [-0.1, -0.05) is 30.0 Å². The van der Waals surface area contributed by atoms with E-state index in [-0.39, 0.29) is 5.91 Å². The first-order valence-electron chi connectivity index (χ1n) is 6.45. The number of hydrogen-bond acceptors (Lipinski definition) is 5. The molecule has 1 aromatic heterocycles. The Morgan fingerprint density at radius 2 is 2.10 bits per heavy atom. The molecule has 1 aliphatic heterocycles. The molecule has 2 heterocycles. The number of rotatable bonds is 4. The Kier molecular flexibility index (Phi) is 4.47. The van der Waals surface area contributed by atoms with E-state index in [1.165, 1.54) is 11.8 Å². The van der Waals surface area contributed by atoms with Gasteiger partial charge in [-0.2, -0.15) is 16.4 Å². The largest absolute Gasteiger partial charge is 0.325 e. The lowest BCUT2D eigenvalue weighted by molar-refractivity contribution is -0.113. The number of hydrogen-bond donors (Lipinski definition) is 1. The molecule has 1 amide bonds. The number of benzene rings is 1. The van der Waals surface area contributed by atoms with E-state index in [4.69, 9.17) is 0 Å². The fourth-order valence-corrected chi connectivity index (χ4v) is 3.24. The van der Waals surface area contributed by atoms with Gasteiger partial charge in [0.2, 0.25) is 5.91 Å². The van der Waals surface area contributed by atoms with Gasteiger partial charge in [0.05, 0.1) is 11.5 Å². The number of nitrogens with one attached hydrogen (secondary N) is 1. The highest BCUT2D eigenvalue weighted by Gasteiger charge is 2.16. The molecule has 0 spiro atoms. The summed E-state index contributed by atoms with van der Waals surface area (Å²) in [6.07, 6.45) is 0.708. The maximum absolute atomic E-state index is 11.9. The van der Waals surface area contributed by atoms with Crippen molar-refractivity contribution in [3.8, 4) is 0 Å². The van der Waals surface area contributed by atoms with Gasteiger partial charge in [0, 0.05) is 17.7 Å². The Hall–Kier alpha value is -1.92. The monoisotopic (exact) mass is 315 g/mol. The Morgan fingerprint density at radius 1 is 1.24 bits per heavy atom. The van der Waals surface area contributed by atoms with E-state index < -0.39 is 0 Å². The van der Waals surface area contributed by atoms with Gasteiger partial charge in [-0.25, -0.2) is 0 Å². The molecule has 0 aliphatic carbocycles.